The lowest BCUT2D eigenvalue weighted by Gasteiger charge is -2.49. The van der Waals surface area contributed by atoms with E-state index in [1.807, 2.05) is 30.6 Å². The standard InChI is InChI=1S/C14H25N3O2/c1-11(18)15-5-7-16(8-6-15)12-9-17(10-12)13(19)14(2,3)4/h12H,5-10H2,1-4H3. The van der Waals surface area contributed by atoms with Gasteiger partial charge in [-0.05, 0) is 0 Å². The smallest absolute Gasteiger partial charge is 0.228 e. The van der Waals surface area contributed by atoms with E-state index in [9.17, 15) is 9.59 Å². The molecule has 0 bridgehead atoms. The molecular weight excluding hydrogens is 242 g/mol. The SMILES string of the molecule is CC(=O)N1CCN(C2CN(C(=O)C(C)(C)C)C2)CC1. The molecule has 0 saturated carbocycles. The van der Waals surface area contributed by atoms with Gasteiger partial charge in [0.15, 0.2) is 0 Å². The summed E-state index contributed by atoms with van der Waals surface area (Å²) in [6.45, 7) is 12.7. The summed E-state index contributed by atoms with van der Waals surface area (Å²) in [5.74, 6) is 0.406. The maximum Gasteiger partial charge on any atom is 0.228 e. The van der Waals surface area contributed by atoms with Crippen LogP contribution in [0.25, 0.3) is 0 Å². The number of piperazine rings is 1. The highest BCUT2D eigenvalue weighted by atomic mass is 16.2. The summed E-state index contributed by atoms with van der Waals surface area (Å²) in [6, 6.07) is 0.486. The minimum Gasteiger partial charge on any atom is -0.340 e. The van der Waals surface area contributed by atoms with Crippen LogP contribution in [0.3, 0.4) is 0 Å². The monoisotopic (exact) mass is 267 g/mol. The summed E-state index contributed by atoms with van der Waals surface area (Å²) in [6.07, 6.45) is 0. The first kappa shape index (κ1) is 14.3. The number of hydrogen-bond donors (Lipinski definition) is 0. The first-order valence-electron chi connectivity index (χ1n) is 7.08. The molecule has 2 saturated heterocycles. The average Bonchev–Trinajstić information content (AvgIpc) is 2.26. The number of likely N-dealkylation sites (tertiary alicyclic amines) is 1. The summed E-state index contributed by atoms with van der Waals surface area (Å²) >= 11 is 0. The fourth-order valence-corrected chi connectivity index (χ4v) is 2.73. The van der Waals surface area contributed by atoms with Crippen molar-refractivity contribution < 1.29 is 9.59 Å². The van der Waals surface area contributed by atoms with Gasteiger partial charge in [-0.3, -0.25) is 14.5 Å². The molecule has 2 fully saturated rings. The van der Waals surface area contributed by atoms with E-state index < -0.39 is 0 Å². The average molecular weight is 267 g/mol. The summed E-state index contributed by atoms with van der Waals surface area (Å²) in [5.41, 5.74) is -0.279. The maximum atomic E-state index is 12.1. The van der Waals surface area contributed by atoms with Gasteiger partial charge < -0.3 is 9.80 Å². The minimum atomic E-state index is -0.279. The number of nitrogens with zero attached hydrogens (tertiary/aromatic N) is 3. The second-order valence-electron chi connectivity index (χ2n) is 6.66. The van der Waals surface area contributed by atoms with E-state index in [0.29, 0.717) is 6.04 Å². The Morgan fingerprint density at radius 1 is 0.947 bits per heavy atom. The summed E-state index contributed by atoms with van der Waals surface area (Å²) < 4.78 is 0. The van der Waals surface area contributed by atoms with Crippen LogP contribution in [-0.2, 0) is 9.59 Å². The fraction of sp³-hybridized carbons (Fsp3) is 0.857. The van der Waals surface area contributed by atoms with Crippen molar-refractivity contribution in [3.05, 3.63) is 0 Å². The normalized spacial score (nSPS) is 22.3. The molecule has 19 heavy (non-hydrogen) atoms. The van der Waals surface area contributed by atoms with Gasteiger partial charge in [0.1, 0.15) is 0 Å². The molecule has 5 heteroatoms. The molecule has 0 aromatic rings. The zero-order valence-electron chi connectivity index (χ0n) is 12.5. The van der Waals surface area contributed by atoms with Crippen molar-refractivity contribution in [1.29, 1.82) is 0 Å². The first-order chi connectivity index (χ1) is 8.79. The number of hydrogen-bond acceptors (Lipinski definition) is 3. The van der Waals surface area contributed by atoms with E-state index in [1.54, 1.807) is 6.92 Å². The highest BCUT2D eigenvalue weighted by molar-refractivity contribution is 5.82. The third-order valence-corrected chi connectivity index (χ3v) is 4.07. The molecule has 2 aliphatic rings. The summed E-state index contributed by atoms with van der Waals surface area (Å²) in [5, 5.41) is 0. The molecule has 0 radical (unpaired) electrons. The van der Waals surface area contributed by atoms with Crippen molar-refractivity contribution in [2.24, 2.45) is 5.41 Å². The lowest BCUT2D eigenvalue weighted by atomic mass is 9.92. The third kappa shape index (κ3) is 3.08. The first-order valence-corrected chi connectivity index (χ1v) is 7.08. The van der Waals surface area contributed by atoms with Gasteiger partial charge >= 0.3 is 0 Å². The predicted octanol–water partition coefficient (Wildman–Crippen LogP) is 0.407. The van der Waals surface area contributed by atoms with Crippen LogP contribution in [0.4, 0.5) is 0 Å². The highest BCUT2D eigenvalue weighted by Gasteiger charge is 2.39. The quantitative estimate of drug-likeness (QED) is 0.691. The van der Waals surface area contributed by atoms with Gasteiger partial charge in [-0.2, -0.15) is 0 Å². The van der Waals surface area contributed by atoms with Crippen LogP contribution < -0.4 is 0 Å². The largest absolute Gasteiger partial charge is 0.340 e. The Morgan fingerprint density at radius 3 is 1.89 bits per heavy atom. The summed E-state index contributed by atoms with van der Waals surface area (Å²) in [4.78, 5) is 29.6. The Morgan fingerprint density at radius 2 is 1.47 bits per heavy atom. The number of carbonyl (C=O) groups excluding carboxylic acids is 2. The second-order valence-corrected chi connectivity index (χ2v) is 6.66. The fourth-order valence-electron chi connectivity index (χ4n) is 2.73. The Bertz CT molecular complexity index is 361. The van der Waals surface area contributed by atoms with Crippen LogP contribution in [0.2, 0.25) is 0 Å². The van der Waals surface area contributed by atoms with E-state index in [-0.39, 0.29) is 17.2 Å². The van der Waals surface area contributed by atoms with E-state index in [0.717, 1.165) is 39.3 Å². The maximum absolute atomic E-state index is 12.1. The van der Waals surface area contributed by atoms with Crippen LogP contribution in [-0.4, -0.2) is 71.8 Å². The molecule has 0 atom stereocenters. The van der Waals surface area contributed by atoms with Crippen molar-refractivity contribution in [2.45, 2.75) is 33.7 Å². The zero-order valence-corrected chi connectivity index (χ0v) is 12.5. The molecule has 2 aliphatic heterocycles. The Hall–Kier alpha value is -1.10. The van der Waals surface area contributed by atoms with Crippen molar-refractivity contribution in [3.63, 3.8) is 0 Å². The molecule has 0 spiro atoms. The lowest BCUT2D eigenvalue weighted by molar-refractivity contribution is -0.148. The lowest BCUT2D eigenvalue weighted by Crippen LogP contribution is -2.65. The minimum absolute atomic E-state index is 0.165. The van der Waals surface area contributed by atoms with E-state index >= 15 is 0 Å². The third-order valence-electron chi connectivity index (χ3n) is 4.07. The van der Waals surface area contributed by atoms with E-state index in [2.05, 4.69) is 4.90 Å². The van der Waals surface area contributed by atoms with Gasteiger partial charge in [0, 0.05) is 57.6 Å². The molecule has 2 rings (SSSR count). The molecule has 0 unspecified atom stereocenters. The van der Waals surface area contributed by atoms with Gasteiger partial charge in [0.05, 0.1) is 0 Å². The molecule has 2 amide bonds. The van der Waals surface area contributed by atoms with Gasteiger partial charge in [-0.1, -0.05) is 20.8 Å². The molecule has 0 aromatic carbocycles. The van der Waals surface area contributed by atoms with E-state index in [1.165, 1.54) is 0 Å². The molecular formula is C14H25N3O2. The van der Waals surface area contributed by atoms with Crippen LogP contribution in [0, 0.1) is 5.41 Å². The Kier molecular flexibility index (Phi) is 3.85. The highest BCUT2D eigenvalue weighted by Crippen LogP contribution is 2.24. The molecule has 5 nitrogen and oxygen atoms in total. The number of carbonyl (C=O) groups is 2. The number of amides is 2. The van der Waals surface area contributed by atoms with Crippen molar-refractivity contribution in [3.8, 4) is 0 Å². The Balaban J connectivity index is 1.77. The molecule has 2 heterocycles. The topological polar surface area (TPSA) is 43.9 Å². The predicted molar refractivity (Wildman–Crippen MR) is 73.7 cm³/mol. The number of rotatable bonds is 1. The van der Waals surface area contributed by atoms with Crippen molar-refractivity contribution >= 4 is 11.8 Å². The zero-order chi connectivity index (χ0) is 14.2. The van der Waals surface area contributed by atoms with Gasteiger partial charge in [0.2, 0.25) is 11.8 Å². The van der Waals surface area contributed by atoms with Gasteiger partial charge in [-0.15, -0.1) is 0 Å². The molecule has 0 aromatic heterocycles. The molecule has 0 aliphatic carbocycles. The van der Waals surface area contributed by atoms with Crippen LogP contribution in [0.5, 0.6) is 0 Å². The van der Waals surface area contributed by atoms with Crippen LogP contribution in [0.15, 0.2) is 0 Å². The molecule has 0 N–H and O–H groups in total. The molecule has 108 valence electrons. The van der Waals surface area contributed by atoms with Gasteiger partial charge in [-0.25, -0.2) is 0 Å². The van der Waals surface area contributed by atoms with Crippen molar-refractivity contribution in [2.75, 3.05) is 39.3 Å². The van der Waals surface area contributed by atoms with E-state index in [4.69, 9.17) is 0 Å². The summed E-state index contributed by atoms with van der Waals surface area (Å²) in [7, 11) is 0. The van der Waals surface area contributed by atoms with Crippen LogP contribution >= 0.6 is 0 Å². The Labute approximate surface area is 115 Å². The van der Waals surface area contributed by atoms with Crippen LogP contribution in [0.1, 0.15) is 27.7 Å². The van der Waals surface area contributed by atoms with Gasteiger partial charge in [0.25, 0.3) is 0 Å². The van der Waals surface area contributed by atoms with Crippen molar-refractivity contribution in [1.82, 2.24) is 14.7 Å². The second kappa shape index (κ2) is 5.12.